The quantitative estimate of drug-likeness (QED) is 0.842. The van der Waals surface area contributed by atoms with Gasteiger partial charge in [0.2, 0.25) is 5.75 Å². The Morgan fingerprint density at radius 3 is 2.33 bits per heavy atom. The van der Waals surface area contributed by atoms with Crippen molar-refractivity contribution in [1.29, 1.82) is 0 Å². The Hall–Kier alpha value is -2.21. The first-order valence-corrected chi connectivity index (χ1v) is 6.67. The zero-order valence-electron chi connectivity index (χ0n) is 12.8. The molecule has 0 spiro atoms. The Morgan fingerprint density at radius 2 is 1.86 bits per heavy atom. The molecule has 1 N–H and O–H groups in total. The third-order valence-corrected chi connectivity index (χ3v) is 3.18. The van der Waals surface area contributed by atoms with Gasteiger partial charge in [0.15, 0.2) is 11.5 Å². The molecular weight excluding hydrogens is 270 g/mol. The van der Waals surface area contributed by atoms with Gasteiger partial charge in [0.25, 0.3) is 0 Å². The van der Waals surface area contributed by atoms with E-state index in [1.54, 1.807) is 26.7 Å². The molecule has 0 aliphatic rings. The van der Waals surface area contributed by atoms with Crippen molar-refractivity contribution in [3.63, 3.8) is 0 Å². The summed E-state index contributed by atoms with van der Waals surface area (Å²) in [6.07, 6.45) is 3.51. The molecule has 2 aromatic rings. The van der Waals surface area contributed by atoms with Gasteiger partial charge >= 0.3 is 0 Å². The third-order valence-electron chi connectivity index (χ3n) is 3.18. The zero-order valence-corrected chi connectivity index (χ0v) is 12.8. The third kappa shape index (κ3) is 3.46. The maximum absolute atomic E-state index is 5.88. The molecule has 0 saturated heterocycles. The molecule has 0 fully saturated rings. The van der Waals surface area contributed by atoms with Crippen molar-refractivity contribution in [3.05, 3.63) is 35.9 Å². The minimum absolute atomic E-state index is 0.397. The van der Waals surface area contributed by atoms with Crippen LogP contribution in [-0.2, 0) is 20.2 Å². The lowest BCUT2D eigenvalue weighted by molar-refractivity contribution is 0.259. The van der Waals surface area contributed by atoms with Crippen LogP contribution in [0.4, 0.5) is 0 Å². The molecule has 0 bridgehead atoms. The molecule has 21 heavy (non-hydrogen) atoms. The SMILES string of the molecule is CNCc1cc(OC)c(OCc2cncn2C)c(OC)c1. The Kier molecular flexibility index (Phi) is 5.05. The van der Waals surface area contributed by atoms with Crippen LogP contribution in [0, 0.1) is 0 Å². The Labute approximate surface area is 124 Å². The first-order chi connectivity index (χ1) is 10.2. The second-order valence-corrected chi connectivity index (χ2v) is 4.64. The summed E-state index contributed by atoms with van der Waals surface area (Å²) in [4.78, 5) is 4.07. The van der Waals surface area contributed by atoms with E-state index in [0.29, 0.717) is 23.9 Å². The minimum atomic E-state index is 0.397. The summed E-state index contributed by atoms with van der Waals surface area (Å²) in [7, 11) is 7.06. The van der Waals surface area contributed by atoms with Crippen LogP contribution in [0.2, 0.25) is 0 Å². The summed E-state index contributed by atoms with van der Waals surface area (Å²) in [6, 6.07) is 3.88. The summed E-state index contributed by atoms with van der Waals surface area (Å²) >= 11 is 0. The van der Waals surface area contributed by atoms with Gasteiger partial charge in [-0.25, -0.2) is 4.98 Å². The molecule has 0 atom stereocenters. The fourth-order valence-corrected chi connectivity index (χ4v) is 2.05. The first kappa shape index (κ1) is 15.2. The van der Waals surface area contributed by atoms with E-state index in [1.165, 1.54) is 0 Å². The van der Waals surface area contributed by atoms with Gasteiger partial charge in [-0.05, 0) is 24.7 Å². The van der Waals surface area contributed by atoms with Gasteiger partial charge in [0.05, 0.1) is 32.4 Å². The van der Waals surface area contributed by atoms with Gasteiger partial charge in [-0.3, -0.25) is 0 Å². The molecule has 6 nitrogen and oxygen atoms in total. The predicted octanol–water partition coefficient (Wildman–Crippen LogP) is 1.74. The normalized spacial score (nSPS) is 10.5. The number of ether oxygens (including phenoxy) is 3. The number of benzene rings is 1. The van der Waals surface area contributed by atoms with Crippen molar-refractivity contribution in [2.75, 3.05) is 21.3 Å². The van der Waals surface area contributed by atoms with E-state index in [1.807, 2.05) is 30.8 Å². The highest BCUT2D eigenvalue weighted by atomic mass is 16.5. The summed E-state index contributed by atoms with van der Waals surface area (Å²) < 4.78 is 18.6. The number of rotatable bonds is 7. The lowest BCUT2D eigenvalue weighted by Gasteiger charge is -2.16. The molecule has 0 aliphatic carbocycles. The fraction of sp³-hybridized carbons (Fsp3) is 0.400. The van der Waals surface area contributed by atoms with Crippen LogP contribution in [0.3, 0.4) is 0 Å². The Bertz CT molecular complexity index is 571. The van der Waals surface area contributed by atoms with Gasteiger partial charge in [-0.15, -0.1) is 0 Å². The lowest BCUT2D eigenvalue weighted by atomic mass is 10.2. The number of methoxy groups -OCH3 is 2. The maximum Gasteiger partial charge on any atom is 0.203 e. The van der Waals surface area contributed by atoms with Gasteiger partial charge in [-0.1, -0.05) is 0 Å². The highest BCUT2D eigenvalue weighted by Gasteiger charge is 2.14. The van der Waals surface area contributed by atoms with Crippen molar-refractivity contribution in [3.8, 4) is 17.2 Å². The molecular formula is C15H21N3O3. The van der Waals surface area contributed by atoms with Gasteiger partial charge in [0, 0.05) is 13.6 Å². The van der Waals surface area contributed by atoms with Crippen LogP contribution < -0.4 is 19.5 Å². The Morgan fingerprint density at radius 1 is 1.19 bits per heavy atom. The standard InChI is InChI=1S/C15H21N3O3/c1-16-7-11-5-13(19-3)15(14(6-11)20-4)21-9-12-8-17-10-18(12)2/h5-6,8,10,16H,7,9H2,1-4H3. The van der Waals surface area contributed by atoms with E-state index in [4.69, 9.17) is 14.2 Å². The summed E-state index contributed by atoms with van der Waals surface area (Å²) in [5, 5.41) is 3.10. The maximum atomic E-state index is 5.88. The highest BCUT2D eigenvalue weighted by molar-refractivity contribution is 5.53. The molecule has 0 saturated carbocycles. The monoisotopic (exact) mass is 291 g/mol. The first-order valence-electron chi connectivity index (χ1n) is 6.67. The number of nitrogens with zero attached hydrogens (tertiary/aromatic N) is 2. The minimum Gasteiger partial charge on any atom is -0.493 e. The fourth-order valence-electron chi connectivity index (χ4n) is 2.05. The molecule has 114 valence electrons. The second kappa shape index (κ2) is 6.99. The summed E-state index contributed by atoms with van der Waals surface area (Å²) in [6.45, 7) is 1.13. The van der Waals surface area contributed by atoms with Crippen molar-refractivity contribution in [2.45, 2.75) is 13.2 Å². The summed E-state index contributed by atoms with van der Waals surface area (Å²) in [5.41, 5.74) is 2.04. The Balaban J connectivity index is 2.26. The van der Waals surface area contributed by atoms with E-state index in [-0.39, 0.29) is 0 Å². The largest absolute Gasteiger partial charge is 0.493 e. The number of aromatic nitrogens is 2. The smallest absolute Gasteiger partial charge is 0.203 e. The van der Waals surface area contributed by atoms with Crippen molar-refractivity contribution in [1.82, 2.24) is 14.9 Å². The van der Waals surface area contributed by atoms with E-state index in [2.05, 4.69) is 10.3 Å². The number of imidazole rings is 1. The van der Waals surface area contributed by atoms with Crippen LogP contribution in [0.1, 0.15) is 11.3 Å². The van der Waals surface area contributed by atoms with Gasteiger partial charge in [-0.2, -0.15) is 0 Å². The second-order valence-electron chi connectivity index (χ2n) is 4.64. The van der Waals surface area contributed by atoms with Crippen LogP contribution in [0.25, 0.3) is 0 Å². The van der Waals surface area contributed by atoms with E-state index in [9.17, 15) is 0 Å². The molecule has 0 aliphatic heterocycles. The van der Waals surface area contributed by atoms with Crippen LogP contribution in [-0.4, -0.2) is 30.8 Å². The summed E-state index contributed by atoms with van der Waals surface area (Å²) in [5.74, 6) is 1.91. The molecule has 1 aromatic heterocycles. The number of aryl methyl sites for hydroxylation is 1. The van der Waals surface area contributed by atoms with Gasteiger partial charge in [0.1, 0.15) is 6.61 Å². The van der Waals surface area contributed by atoms with Gasteiger partial charge < -0.3 is 24.1 Å². The molecule has 6 heteroatoms. The molecule has 0 unspecified atom stereocenters. The van der Waals surface area contributed by atoms with Crippen LogP contribution >= 0.6 is 0 Å². The number of hydrogen-bond acceptors (Lipinski definition) is 5. The van der Waals surface area contributed by atoms with E-state index < -0.39 is 0 Å². The molecule has 1 heterocycles. The highest BCUT2D eigenvalue weighted by Crippen LogP contribution is 2.39. The van der Waals surface area contributed by atoms with Crippen molar-refractivity contribution in [2.24, 2.45) is 7.05 Å². The van der Waals surface area contributed by atoms with Crippen LogP contribution in [0.15, 0.2) is 24.7 Å². The zero-order chi connectivity index (χ0) is 15.2. The van der Waals surface area contributed by atoms with Crippen molar-refractivity contribution < 1.29 is 14.2 Å². The molecule has 2 rings (SSSR count). The topological polar surface area (TPSA) is 57.5 Å². The number of hydrogen-bond donors (Lipinski definition) is 1. The number of nitrogens with one attached hydrogen (secondary N) is 1. The predicted molar refractivity (Wildman–Crippen MR) is 79.8 cm³/mol. The van der Waals surface area contributed by atoms with Crippen molar-refractivity contribution >= 4 is 0 Å². The molecule has 1 aromatic carbocycles. The van der Waals surface area contributed by atoms with Crippen LogP contribution in [0.5, 0.6) is 17.2 Å². The lowest BCUT2D eigenvalue weighted by Crippen LogP contribution is -2.07. The average Bonchev–Trinajstić information content (AvgIpc) is 2.90. The average molecular weight is 291 g/mol. The van der Waals surface area contributed by atoms with E-state index in [0.717, 1.165) is 17.8 Å². The molecule has 0 amide bonds. The molecule has 0 radical (unpaired) electrons. The van der Waals surface area contributed by atoms with E-state index >= 15 is 0 Å².